The Morgan fingerprint density at radius 1 is 0.447 bits per heavy atom. The molecular formula is C93H132N8O19S3. The van der Waals surface area contributed by atoms with Crippen LogP contribution in [0, 0.1) is 6.92 Å². The SMILES string of the molecule is CCCCCCCCCCCCCCCCCCN1C(C(C(=O)Nc2cc(C(=O)OC)ccc2OC)N2C(=O)OC(C)(C)C2=O)=Nc2ccccc2S1(=O)=O.CCCCCCCCCCCCCCCCCCN1C(C(C(=O)Nc2ccccc2Sc2cc(C)ccc2OCCOCCOCCOC)N2C(=O)OC(C)(C)C2=O)=Nc2ccccc2S1(=O)=O. The van der Waals surface area contributed by atoms with Gasteiger partial charge in [-0.25, -0.2) is 51.0 Å². The van der Waals surface area contributed by atoms with Crippen molar-refractivity contribution >= 4 is 108 Å². The molecular weight excluding hydrogens is 1630 g/mol. The fraction of sp³-hybridized carbons (Fsp3) is 0.581. The number of aliphatic imine (C=N–C) groups is 2. The van der Waals surface area contributed by atoms with Crippen LogP contribution in [0.4, 0.5) is 32.3 Å². The van der Waals surface area contributed by atoms with Gasteiger partial charge in [0.25, 0.3) is 43.7 Å². The van der Waals surface area contributed by atoms with Crippen LogP contribution in [0.1, 0.15) is 263 Å². The molecule has 6 amide bonds. The van der Waals surface area contributed by atoms with Crippen LogP contribution >= 0.6 is 11.8 Å². The molecule has 9 rings (SSSR count). The van der Waals surface area contributed by atoms with Crippen LogP contribution in [0.3, 0.4) is 0 Å². The van der Waals surface area contributed by atoms with Gasteiger partial charge in [0, 0.05) is 25.1 Å². The highest BCUT2D eigenvalue weighted by Crippen LogP contribution is 2.43. The molecule has 0 aliphatic carbocycles. The van der Waals surface area contributed by atoms with Gasteiger partial charge in [0.15, 0.2) is 35.0 Å². The Bertz CT molecular complexity index is 4580. The number of hydrogen-bond donors (Lipinski definition) is 2. The molecule has 123 heavy (non-hydrogen) atoms. The highest BCUT2D eigenvalue weighted by atomic mass is 32.2. The van der Waals surface area contributed by atoms with E-state index < -0.39 is 85.1 Å². The third-order valence-electron chi connectivity index (χ3n) is 22.0. The summed E-state index contributed by atoms with van der Waals surface area (Å²) in [4.78, 5) is 109. The van der Waals surface area contributed by atoms with Crippen LogP contribution in [0.2, 0.25) is 0 Å². The number of rotatable bonds is 56. The minimum Gasteiger partial charge on any atom is -0.495 e. The van der Waals surface area contributed by atoms with E-state index in [9.17, 15) is 50.4 Å². The number of carbonyl (C=O) groups is 7. The van der Waals surface area contributed by atoms with E-state index in [0.29, 0.717) is 72.0 Å². The Hall–Kier alpha value is -8.94. The maximum absolute atomic E-state index is 14.9. The summed E-state index contributed by atoms with van der Waals surface area (Å²) in [7, 11) is -4.37. The molecule has 0 saturated carbocycles. The second-order valence-corrected chi connectivity index (χ2v) is 37.3. The number of nitrogens with one attached hydrogen (secondary N) is 2. The maximum atomic E-state index is 14.9. The summed E-state index contributed by atoms with van der Waals surface area (Å²) < 4.78 is 103. The molecule has 5 aromatic rings. The predicted molar refractivity (Wildman–Crippen MR) is 479 cm³/mol. The van der Waals surface area contributed by atoms with Gasteiger partial charge in [-0.2, -0.15) is 0 Å². The summed E-state index contributed by atoms with van der Waals surface area (Å²) >= 11 is 1.35. The second-order valence-electron chi connectivity index (χ2n) is 32.5. The number of amides is 6. The highest BCUT2D eigenvalue weighted by Gasteiger charge is 2.57. The lowest BCUT2D eigenvalue weighted by Crippen LogP contribution is -2.59. The zero-order valence-electron chi connectivity index (χ0n) is 74.0. The van der Waals surface area contributed by atoms with E-state index >= 15 is 0 Å². The Labute approximate surface area is 733 Å². The van der Waals surface area contributed by atoms with Gasteiger partial charge < -0.3 is 48.5 Å². The van der Waals surface area contributed by atoms with Gasteiger partial charge in [-0.05, 0) is 120 Å². The van der Waals surface area contributed by atoms with Crippen molar-refractivity contribution < 1.29 is 88.3 Å². The second kappa shape index (κ2) is 50.9. The molecule has 676 valence electrons. The Balaban J connectivity index is 0.000000312. The fourth-order valence-corrected chi connectivity index (χ4v) is 19.4. The fourth-order valence-electron chi connectivity index (χ4n) is 15.1. The lowest BCUT2D eigenvalue weighted by molar-refractivity contribution is -0.137. The molecule has 2 atom stereocenters. The van der Waals surface area contributed by atoms with Crippen LogP contribution in [-0.2, 0) is 67.6 Å². The number of fused-ring (bicyclic) bond motifs is 2. The number of carbonyl (C=O) groups excluding carboxylic acids is 7. The largest absolute Gasteiger partial charge is 0.495 e. The van der Waals surface area contributed by atoms with E-state index in [1.165, 1.54) is 231 Å². The molecule has 0 spiro atoms. The molecule has 2 fully saturated rings. The van der Waals surface area contributed by atoms with Gasteiger partial charge in [-0.3, -0.25) is 27.8 Å². The normalized spacial score (nSPS) is 15.9. The minimum atomic E-state index is -4.28. The zero-order chi connectivity index (χ0) is 88.8. The quantitative estimate of drug-likeness (QED) is 0.0207. The molecule has 4 aliphatic heterocycles. The average molecular weight is 1760 g/mol. The van der Waals surface area contributed by atoms with Gasteiger partial charge >= 0.3 is 18.2 Å². The third-order valence-corrected chi connectivity index (χ3v) is 26.8. The number of methoxy groups -OCH3 is 3. The van der Waals surface area contributed by atoms with Crippen molar-refractivity contribution in [3.8, 4) is 11.5 Å². The topological polar surface area (TPSA) is 323 Å². The van der Waals surface area contributed by atoms with Crippen molar-refractivity contribution in [1.82, 2.24) is 18.4 Å². The van der Waals surface area contributed by atoms with Crippen LogP contribution in [0.15, 0.2) is 139 Å². The van der Waals surface area contributed by atoms with Crippen molar-refractivity contribution in [3.05, 3.63) is 120 Å². The lowest BCUT2D eigenvalue weighted by atomic mass is 10.0. The van der Waals surface area contributed by atoms with Crippen molar-refractivity contribution in [2.75, 3.05) is 84.7 Å². The summed E-state index contributed by atoms with van der Waals surface area (Å²) in [6, 6.07) is 25.8. The van der Waals surface area contributed by atoms with E-state index in [-0.39, 0.29) is 69.5 Å². The van der Waals surface area contributed by atoms with Crippen molar-refractivity contribution in [2.45, 2.75) is 297 Å². The molecule has 4 aliphatic rings. The van der Waals surface area contributed by atoms with E-state index in [1.54, 1.807) is 49.6 Å². The van der Waals surface area contributed by atoms with Gasteiger partial charge in [0.1, 0.15) is 27.9 Å². The van der Waals surface area contributed by atoms with Crippen LogP contribution in [-0.4, -0.2) is 186 Å². The van der Waals surface area contributed by atoms with Crippen LogP contribution < -0.4 is 20.1 Å². The number of benzene rings is 5. The number of sulfonamides is 2. The van der Waals surface area contributed by atoms with Crippen molar-refractivity contribution in [1.29, 1.82) is 0 Å². The van der Waals surface area contributed by atoms with Gasteiger partial charge in [-0.15, -0.1) is 0 Å². The number of hydrogen-bond acceptors (Lipinski definition) is 22. The number of imide groups is 2. The van der Waals surface area contributed by atoms with E-state index in [1.807, 2.05) is 37.3 Å². The van der Waals surface area contributed by atoms with Crippen molar-refractivity contribution in [3.63, 3.8) is 0 Å². The smallest absolute Gasteiger partial charge is 0.418 e. The number of anilines is 2. The molecule has 0 bridgehead atoms. The zero-order valence-corrected chi connectivity index (χ0v) is 76.4. The molecule has 30 heteroatoms. The number of para-hydroxylation sites is 3. The van der Waals surface area contributed by atoms with E-state index in [0.717, 1.165) is 70.4 Å². The maximum Gasteiger partial charge on any atom is 0.418 e. The first-order valence-corrected chi connectivity index (χ1v) is 48.0. The van der Waals surface area contributed by atoms with Crippen LogP contribution in [0.5, 0.6) is 11.5 Å². The molecule has 0 aromatic heterocycles. The van der Waals surface area contributed by atoms with Gasteiger partial charge in [0.05, 0.1) is 80.5 Å². The summed E-state index contributed by atoms with van der Waals surface area (Å²) in [5, 5.41) is 5.59. The Morgan fingerprint density at radius 2 is 0.829 bits per heavy atom. The van der Waals surface area contributed by atoms with E-state index in [4.69, 9.17) is 42.9 Å². The average Bonchev–Trinajstić information content (AvgIpc) is 1.67. The monoisotopic (exact) mass is 1760 g/mol. The summed E-state index contributed by atoms with van der Waals surface area (Å²) in [5.74, 6) is -3.97. The number of amidine groups is 2. The van der Waals surface area contributed by atoms with Crippen molar-refractivity contribution in [2.24, 2.45) is 9.98 Å². The first-order valence-electron chi connectivity index (χ1n) is 44.3. The predicted octanol–water partition coefficient (Wildman–Crippen LogP) is 19.8. The molecule has 0 radical (unpaired) electrons. The number of nitrogens with zero attached hydrogens (tertiary/aromatic N) is 6. The third kappa shape index (κ3) is 29.1. The molecule has 2 N–H and O–H groups in total. The molecule has 27 nitrogen and oxygen atoms in total. The molecule has 2 unspecified atom stereocenters. The minimum absolute atomic E-state index is 0.00598. The highest BCUT2D eigenvalue weighted by molar-refractivity contribution is 7.99. The first-order chi connectivity index (χ1) is 59.2. The van der Waals surface area contributed by atoms with Gasteiger partial charge in [-0.1, -0.05) is 261 Å². The molecule has 5 aromatic carbocycles. The first kappa shape index (κ1) is 99.5. The Morgan fingerprint density at radius 3 is 1.24 bits per heavy atom. The lowest BCUT2D eigenvalue weighted by Gasteiger charge is -2.35. The summed E-state index contributed by atoms with van der Waals surface area (Å²) in [6.45, 7) is 14.5. The van der Waals surface area contributed by atoms with Crippen LogP contribution in [0.25, 0.3) is 0 Å². The number of esters is 1. The number of unbranched alkanes of at least 4 members (excludes halogenated alkanes) is 30. The number of ether oxygens (including phenoxy) is 8. The van der Waals surface area contributed by atoms with Gasteiger partial charge in [0.2, 0.25) is 0 Å². The molecule has 4 heterocycles. The Kier molecular flexibility index (Phi) is 41.1. The number of aryl methyl sites for hydroxylation is 1. The number of cyclic esters (lactones) is 2. The van der Waals surface area contributed by atoms with E-state index in [2.05, 4.69) is 29.5 Å². The molecule has 2 saturated heterocycles. The summed E-state index contributed by atoms with van der Waals surface area (Å²) in [5.41, 5.74) is -1.63. The summed E-state index contributed by atoms with van der Waals surface area (Å²) in [6.07, 6.45) is 34.9. The standard InChI is InChI=1S/C52H74N4O10S2.C41H58N4O9S/c1-6-7-8-9-10-11-12-13-14-15-16-17-18-19-20-25-32-55-48(53-42-27-22-24-29-46(42)68(55,60)61)47(56-50(58)52(3,4)66-51(56)59)49(57)54-41-26-21-23-28-44(41)67-45-39-40(2)30-31-43(45)65-38-37-64-36-35-63-34-33-62-5;1-6-7-8-9-10-11-12-13-14-15-16-17-18-19-20-23-28-44-36(42-31-24-21-22-25-34(31)55(44,50)51)35(45-39(48)41(2,3)54-40(45)49)37(46)43-32-29-30(38(47)53-5)26-27-33(32)52-4/h21-24,26-31,39,47H,6-20,25,32-38H2,1-5H3,(H,54,57);21-22,24-27,29,35H,6-20,23,28H2,1-5H3,(H,43,46).